The molecule has 0 radical (unpaired) electrons. The summed E-state index contributed by atoms with van der Waals surface area (Å²) in [7, 11) is 0. The fourth-order valence-electron chi connectivity index (χ4n) is 3.60. The number of hydrogen-bond acceptors (Lipinski definition) is 5. The van der Waals surface area contributed by atoms with E-state index in [0.717, 1.165) is 42.4 Å². The normalized spacial score (nSPS) is 14.7. The van der Waals surface area contributed by atoms with Gasteiger partial charge in [-0.25, -0.2) is 4.99 Å². The van der Waals surface area contributed by atoms with Crippen molar-refractivity contribution in [1.82, 2.24) is 15.5 Å². The van der Waals surface area contributed by atoms with Crippen molar-refractivity contribution in [3.8, 4) is 11.5 Å². The lowest BCUT2D eigenvalue weighted by molar-refractivity contribution is 0.0652. The maximum Gasteiger partial charge on any atom is 0.261 e. The molecule has 2 aliphatic heterocycles. The summed E-state index contributed by atoms with van der Waals surface area (Å²) in [6.45, 7) is 4.64. The minimum atomic E-state index is -0.202. The maximum absolute atomic E-state index is 12.4. The zero-order valence-electron chi connectivity index (χ0n) is 17.5. The number of aliphatic imine (C=N–C) groups is 1. The van der Waals surface area contributed by atoms with E-state index >= 15 is 0 Å². The molecule has 4 rings (SSSR count). The van der Waals surface area contributed by atoms with Crippen LogP contribution in [0.3, 0.4) is 0 Å². The Labute approximate surface area is 181 Å². The van der Waals surface area contributed by atoms with Crippen LogP contribution >= 0.6 is 0 Å². The van der Waals surface area contributed by atoms with Crippen LogP contribution < -0.4 is 20.1 Å². The topological polar surface area (TPSA) is 92.3 Å². The first-order valence-corrected chi connectivity index (χ1v) is 10.5. The molecule has 0 spiro atoms. The number of carbonyl (C=O) groups is 2. The summed E-state index contributed by atoms with van der Waals surface area (Å²) in [6, 6.07) is 12.8. The first-order chi connectivity index (χ1) is 15.2. The second-order valence-electron chi connectivity index (χ2n) is 7.32. The summed E-state index contributed by atoms with van der Waals surface area (Å²) in [5.74, 6) is 1.83. The molecule has 0 aromatic heterocycles. The van der Waals surface area contributed by atoms with Gasteiger partial charge >= 0.3 is 0 Å². The van der Waals surface area contributed by atoms with Crippen LogP contribution in [0.5, 0.6) is 11.5 Å². The number of rotatable bonds is 8. The number of unbranched alkanes of at least 4 members (excludes halogenated alkanes) is 1. The average Bonchev–Trinajstić information content (AvgIpc) is 3.35. The predicted octanol–water partition coefficient (Wildman–Crippen LogP) is 2.55. The van der Waals surface area contributed by atoms with Crippen LogP contribution in [0.1, 0.15) is 46.0 Å². The largest absolute Gasteiger partial charge is 0.454 e. The molecule has 2 aromatic carbocycles. The van der Waals surface area contributed by atoms with Gasteiger partial charge in [-0.1, -0.05) is 18.2 Å². The zero-order valence-corrected chi connectivity index (χ0v) is 17.5. The van der Waals surface area contributed by atoms with Gasteiger partial charge in [-0.05, 0) is 49.6 Å². The van der Waals surface area contributed by atoms with E-state index in [1.807, 2.05) is 25.1 Å². The molecule has 8 nitrogen and oxygen atoms in total. The third kappa shape index (κ3) is 4.63. The van der Waals surface area contributed by atoms with E-state index in [2.05, 4.69) is 15.6 Å². The third-order valence-electron chi connectivity index (χ3n) is 5.18. The lowest BCUT2D eigenvalue weighted by atomic mass is 10.1. The molecule has 0 unspecified atom stereocenters. The summed E-state index contributed by atoms with van der Waals surface area (Å²) < 4.78 is 10.7. The molecule has 2 amide bonds. The van der Waals surface area contributed by atoms with E-state index in [1.165, 1.54) is 4.90 Å². The number of hydrogen-bond donors (Lipinski definition) is 2. The molecule has 0 fully saturated rings. The Morgan fingerprint density at radius 2 is 1.74 bits per heavy atom. The van der Waals surface area contributed by atoms with Gasteiger partial charge in [0.25, 0.3) is 11.8 Å². The van der Waals surface area contributed by atoms with Crippen LogP contribution in [-0.4, -0.2) is 49.1 Å². The van der Waals surface area contributed by atoms with Crippen molar-refractivity contribution in [2.45, 2.75) is 26.3 Å². The molecule has 2 N–H and O–H groups in total. The molecule has 0 bridgehead atoms. The van der Waals surface area contributed by atoms with E-state index in [0.29, 0.717) is 30.8 Å². The summed E-state index contributed by atoms with van der Waals surface area (Å²) in [5, 5.41) is 6.53. The summed E-state index contributed by atoms with van der Waals surface area (Å²) >= 11 is 0. The Morgan fingerprint density at radius 3 is 2.48 bits per heavy atom. The van der Waals surface area contributed by atoms with E-state index < -0.39 is 0 Å². The van der Waals surface area contributed by atoms with Crippen molar-refractivity contribution in [2.24, 2.45) is 4.99 Å². The number of benzene rings is 2. The minimum Gasteiger partial charge on any atom is -0.454 e. The Kier molecular flexibility index (Phi) is 6.35. The number of guanidine groups is 1. The number of imide groups is 1. The molecule has 8 heteroatoms. The average molecular weight is 422 g/mol. The van der Waals surface area contributed by atoms with Gasteiger partial charge in [0, 0.05) is 19.6 Å². The molecule has 0 aliphatic carbocycles. The van der Waals surface area contributed by atoms with E-state index in [1.54, 1.807) is 24.3 Å². The van der Waals surface area contributed by atoms with E-state index in [9.17, 15) is 9.59 Å². The quantitative estimate of drug-likeness (QED) is 0.294. The van der Waals surface area contributed by atoms with Crippen LogP contribution in [0.25, 0.3) is 0 Å². The standard InChI is InChI=1S/C23H26N4O4/c1-2-24-23(26-14-16-9-10-19-20(13-16)31-15-30-19)25-11-5-6-12-27-21(28)17-7-3-4-8-18(17)22(27)29/h3-4,7-10,13H,2,5-6,11-12,14-15H2,1H3,(H2,24,25,26). The summed E-state index contributed by atoms with van der Waals surface area (Å²) in [5.41, 5.74) is 2.03. The molecule has 2 aliphatic rings. The number of fused-ring (bicyclic) bond motifs is 2. The summed E-state index contributed by atoms with van der Waals surface area (Å²) in [4.78, 5) is 30.7. The van der Waals surface area contributed by atoms with Gasteiger partial charge in [-0.15, -0.1) is 0 Å². The van der Waals surface area contributed by atoms with Crippen molar-refractivity contribution in [1.29, 1.82) is 0 Å². The lowest BCUT2D eigenvalue weighted by Gasteiger charge is -2.14. The van der Waals surface area contributed by atoms with Crippen LogP contribution in [0.4, 0.5) is 0 Å². The highest BCUT2D eigenvalue weighted by Crippen LogP contribution is 2.32. The Hall–Kier alpha value is -3.55. The van der Waals surface area contributed by atoms with E-state index in [-0.39, 0.29) is 18.6 Å². The fraction of sp³-hybridized carbons (Fsp3) is 0.348. The van der Waals surface area contributed by atoms with Gasteiger partial charge in [-0.3, -0.25) is 14.5 Å². The number of nitrogens with zero attached hydrogens (tertiary/aromatic N) is 2. The first-order valence-electron chi connectivity index (χ1n) is 10.5. The predicted molar refractivity (Wildman–Crippen MR) is 116 cm³/mol. The van der Waals surface area contributed by atoms with Gasteiger partial charge in [-0.2, -0.15) is 0 Å². The molecular formula is C23H26N4O4. The number of carbonyl (C=O) groups excluding carboxylic acids is 2. The van der Waals surface area contributed by atoms with Crippen molar-refractivity contribution in [3.05, 3.63) is 59.2 Å². The zero-order chi connectivity index (χ0) is 21.6. The van der Waals surface area contributed by atoms with Crippen molar-refractivity contribution in [3.63, 3.8) is 0 Å². The van der Waals surface area contributed by atoms with Crippen LogP contribution in [0.15, 0.2) is 47.5 Å². The lowest BCUT2D eigenvalue weighted by Crippen LogP contribution is -2.38. The van der Waals surface area contributed by atoms with Crippen molar-refractivity contribution < 1.29 is 19.1 Å². The molecule has 2 heterocycles. The fourth-order valence-corrected chi connectivity index (χ4v) is 3.60. The smallest absolute Gasteiger partial charge is 0.261 e. The van der Waals surface area contributed by atoms with Gasteiger partial charge in [0.05, 0.1) is 17.7 Å². The van der Waals surface area contributed by atoms with Gasteiger partial charge in [0.1, 0.15) is 0 Å². The van der Waals surface area contributed by atoms with Gasteiger partial charge in [0.15, 0.2) is 17.5 Å². The summed E-state index contributed by atoms with van der Waals surface area (Å²) in [6.07, 6.45) is 1.53. The minimum absolute atomic E-state index is 0.202. The SMILES string of the molecule is CCNC(=NCc1ccc2c(c1)OCO2)NCCCCN1C(=O)c2ccccc2C1=O. The van der Waals surface area contributed by atoms with Crippen LogP contribution in [-0.2, 0) is 6.54 Å². The van der Waals surface area contributed by atoms with E-state index in [4.69, 9.17) is 9.47 Å². The Balaban J connectivity index is 1.23. The van der Waals surface area contributed by atoms with Crippen molar-refractivity contribution in [2.75, 3.05) is 26.4 Å². The maximum atomic E-state index is 12.4. The van der Waals surface area contributed by atoms with Gasteiger partial charge < -0.3 is 20.1 Å². The monoisotopic (exact) mass is 422 g/mol. The molecule has 0 atom stereocenters. The number of amides is 2. The molecule has 2 aromatic rings. The second kappa shape index (κ2) is 9.51. The highest BCUT2D eigenvalue weighted by atomic mass is 16.7. The van der Waals surface area contributed by atoms with Crippen LogP contribution in [0, 0.1) is 0 Å². The second-order valence-corrected chi connectivity index (χ2v) is 7.32. The molecule has 0 saturated carbocycles. The van der Waals surface area contributed by atoms with Crippen LogP contribution in [0.2, 0.25) is 0 Å². The van der Waals surface area contributed by atoms with Crippen molar-refractivity contribution >= 4 is 17.8 Å². The highest BCUT2D eigenvalue weighted by molar-refractivity contribution is 6.21. The Bertz CT molecular complexity index is 970. The molecule has 162 valence electrons. The Morgan fingerprint density at radius 1 is 1.00 bits per heavy atom. The number of nitrogens with one attached hydrogen (secondary N) is 2. The van der Waals surface area contributed by atoms with Gasteiger partial charge in [0.2, 0.25) is 6.79 Å². The number of ether oxygens (including phenoxy) is 2. The highest BCUT2D eigenvalue weighted by Gasteiger charge is 2.34. The third-order valence-corrected chi connectivity index (χ3v) is 5.18. The molecule has 0 saturated heterocycles. The molecule has 31 heavy (non-hydrogen) atoms. The first kappa shape index (κ1) is 20.7. The molecular weight excluding hydrogens is 396 g/mol.